The highest BCUT2D eigenvalue weighted by atomic mass is 16.2. The van der Waals surface area contributed by atoms with Crippen molar-refractivity contribution in [2.45, 2.75) is 37.8 Å². The molecular weight excluding hydrogens is 240 g/mol. The zero-order valence-electron chi connectivity index (χ0n) is 12.3. The molecule has 0 aromatic carbocycles. The Hall–Kier alpha value is -0.650. The Morgan fingerprint density at radius 1 is 1.21 bits per heavy atom. The number of hydrogen-bond donors (Lipinski definition) is 2. The van der Waals surface area contributed by atoms with Gasteiger partial charge in [0.15, 0.2) is 0 Å². The van der Waals surface area contributed by atoms with Crippen LogP contribution in [0, 0.1) is 5.92 Å². The van der Waals surface area contributed by atoms with Gasteiger partial charge in [-0.2, -0.15) is 0 Å². The summed E-state index contributed by atoms with van der Waals surface area (Å²) in [6, 6.07) is 0.379. The molecule has 1 atom stereocenters. The molecular formula is C14H28N4O. The number of carbonyl (C=O) groups is 1. The predicted octanol–water partition coefficient (Wildman–Crippen LogP) is -0.134. The molecule has 2 aliphatic heterocycles. The van der Waals surface area contributed by atoms with E-state index in [0.29, 0.717) is 12.0 Å². The van der Waals surface area contributed by atoms with Crippen molar-refractivity contribution in [2.75, 3.05) is 40.3 Å². The molecule has 5 heteroatoms. The van der Waals surface area contributed by atoms with E-state index < -0.39 is 0 Å². The SMILES string of the molecule is CN(C)C(=O)C(C1CCNCC1)N1CCC(N)CC1. The van der Waals surface area contributed by atoms with Crippen molar-refractivity contribution in [1.29, 1.82) is 0 Å². The van der Waals surface area contributed by atoms with Gasteiger partial charge in [-0.3, -0.25) is 9.69 Å². The number of piperidine rings is 2. The van der Waals surface area contributed by atoms with Gasteiger partial charge < -0.3 is 16.0 Å². The highest BCUT2D eigenvalue weighted by Gasteiger charge is 2.36. The number of hydrogen-bond acceptors (Lipinski definition) is 4. The summed E-state index contributed by atoms with van der Waals surface area (Å²) in [7, 11) is 3.73. The van der Waals surface area contributed by atoms with Gasteiger partial charge in [0.05, 0.1) is 6.04 Å². The van der Waals surface area contributed by atoms with E-state index in [-0.39, 0.29) is 11.9 Å². The highest BCUT2D eigenvalue weighted by molar-refractivity contribution is 5.81. The van der Waals surface area contributed by atoms with Gasteiger partial charge in [-0.1, -0.05) is 0 Å². The molecule has 0 spiro atoms. The van der Waals surface area contributed by atoms with Gasteiger partial charge >= 0.3 is 0 Å². The first kappa shape index (κ1) is 14.8. The van der Waals surface area contributed by atoms with Gasteiger partial charge in [0, 0.05) is 33.2 Å². The number of likely N-dealkylation sites (tertiary alicyclic amines) is 1. The molecule has 0 saturated carbocycles. The second-order valence-corrected chi connectivity index (χ2v) is 6.14. The van der Waals surface area contributed by atoms with Crippen LogP contribution in [0.5, 0.6) is 0 Å². The molecule has 0 aromatic rings. The molecule has 0 aliphatic carbocycles. The lowest BCUT2D eigenvalue weighted by Crippen LogP contribution is -2.55. The number of nitrogens with one attached hydrogen (secondary N) is 1. The van der Waals surface area contributed by atoms with E-state index in [1.807, 2.05) is 14.1 Å². The average Bonchev–Trinajstić information content (AvgIpc) is 2.42. The summed E-state index contributed by atoms with van der Waals surface area (Å²) in [6.07, 6.45) is 4.24. The number of nitrogens with zero attached hydrogens (tertiary/aromatic N) is 2. The molecule has 2 rings (SSSR count). The van der Waals surface area contributed by atoms with Crippen molar-refractivity contribution < 1.29 is 4.79 Å². The third-order valence-electron chi connectivity index (χ3n) is 4.49. The molecule has 2 fully saturated rings. The van der Waals surface area contributed by atoms with Crippen LogP contribution in [0.25, 0.3) is 0 Å². The number of nitrogens with two attached hydrogens (primary N) is 1. The summed E-state index contributed by atoms with van der Waals surface area (Å²) in [5, 5.41) is 3.38. The largest absolute Gasteiger partial charge is 0.347 e. The number of amides is 1. The maximum Gasteiger partial charge on any atom is 0.239 e. The molecule has 2 heterocycles. The number of carbonyl (C=O) groups excluding carboxylic acids is 1. The van der Waals surface area contributed by atoms with Crippen molar-refractivity contribution in [3.05, 3.63) is 0 Å². The molecule has 5 nitrogen and oxygen atoms in total. The monoisotopic (exact) mass is 268 g/mol. The lowest BCUT2D eigenvalue weighted by Gasteiger charge is -2.41. The van der Waals surface area contributed by atoms with E-state index in [4.69, 9.17) is 5.73 Å². The Bertz CT molecular complexity index is 294. The maximum absolute atomic E-state index is 12.6. The van der Waals surface area contributed by atoms with Gasteiger partial charge in [0.1, 0.15) is 0 Å². The van der Waals surface area contributed by atoms with Gasteiger partial charge in [0.2, 0.25) is 5.91 Å². The van der Waals surface area contributed by atoms with Crippen LogP contribution in [0.1, 0.15) is 25.7 Å². The normalized spacial score (nSPS) is 25.2. The highest BCUT2D eigenvalue weighted by Crippen LogP contribution is 2.25. The third-order valence-corrected chi connectivity index (χ3v) is 4.49. The molecule has 0 bridgehead atoms. The fraction of sp³-hybridized carbons (Fsp3) is 0.929. The first-order valence-corrected chi connectivity index (χ1v) is 7.51. The summed E-state index contributed by atoms with van der Waals surface area (Å²) in [5.41, 5.74) is 5.98. The van der Waals surface area contributed by atoms with E-state index in [2.05, 4.69) is 10.2 Å². The van der Waals surface area contributed by atoms with Crippen LogP contribution in [0.3, 0.4) is 0 Å². The Labute approximate surface area is 116 Å². The van der Waals surface area contributed by atoms with Crippen molar-refractivity contribution in [3.63, 3.8) is 0 Å². The van der Waals surface area contributed by atoms with Crippen LogP contribution in [0.15, 0.2) is 0 Å². The Morgan fingerprint density at radius 2 is 1.79 bits per heavy atom. The van der Waals surface area contributed by atoms with Gasteiger partial charge in [-0.05, 0) is 44.7 Å². The Morgan fingerprint density at radius 3 is 2.32 bits per heavy atom. The first-order valence-electron chi connectivity index (χ1n) is 7.51. The van der Waals surface area contributed by atoms with Crippen LogP contribution < -0.4 is 11.1 Å². The number of likely N-dealkylation sites (N-methyl/N-ethyl adjacent to an activating group) is 1. The van der Waals surface area contributed by atoms with Gasteiger partial charge in [-0.25, -0.2) is 0 Å². The van der Waals surface area contributed by atoms with E-state index in [9.17, 15) is 4.79 Å². The molecule has 110 valence electrons. The molecule has 2 aliphatic rings. The minimum atomic E-state index is 0.0598. The average molecular weight is 268 g/mol. The molecule has 0 radical (unpaired) electrons. The van der Waals surface area contributed by atoms with Crippen LogP contribution in [0.2, 0.25) is 0 Å². The standard InChI is InChI=1S/C14H28N4O/c1-17(2)14(19)13(11-3-7-16-8-4-11)18-9-5-12(15)6-10-18/h11-13,16H,3-10,15H2,1-2H3. The third kappa shape index (κ3) is 3.68. The summed E-state index contributed by atoms with van der Waals surface area (Å²) >= 11 is 0. The fourth-order valence-corrected chi connectivity index (χ4v) is 3.28. The van der Waals surface area contributed by atoms with Crippen LogP contribution >= 0.6 is 0 Å². The van der Waals surface area contributed by atoms with E-state index >= 15 is 0 Å². The predicted molar refractivity (Wildman–Crippen MR) is 76.9 cm³/mol. The lowest BCUT2D eigenvalue weighted by molar-refractivity contribution is -0.137. The van der Waals surface area contributed by atoms with Crippen molar-refractivity contribution in [1.82, 2.24) is 15.1 Å². The van der Waals surface area contributed by atoms with Crippen LogP contribution in [0.4, 0.5) is 0 Å². The summed E-state index contributed by atoms with van der Waals surface area (Å²) in [4.78, 5) is 16.7. The molecule has 3 N–H and O–H groups in total. The van der Waals surface area contributed by atoms with Crippen LogP contribution in [-0.4, -0.2) is 68.1 Å². The van der Waals surface area contributed by atoms with Gasteiger partial charge in [-0.15, -0.1) is 0 Å². The smallest absolute Gasteiger partial charge is 0.239 e. The maximum atomic E-state index is 12.6. The van der Waals surface area contributed by atoms with E-state index in [1.54, 1.807) is 4.90 Å². The molecule has 19 heavy (non-hydrogen) atoms. The quantitative estimate of drug-likeness (QED) is 0.748. The molecule has 1 amide bonds. The zero-order chi connectivity index (χ0) is 13.8. The fourth-order valence-electron chi connectivity index (χ4n) is 3.28. The molecule has 1 unspecified atom stereocenters. The second kappa shape index (κ2) is 6.68. The van der Waals surface area contributed by atoms with E-state index in [1.165, 1.54) is 0 Å². The summed E-state index contributed by atoms with van der Waals surface area (Å²) < 4.78 is 0. The minimum absolute atomic E-state index is 0.0598. The Kier molecular flexibility index (Phi) is 5.19. The van der Waals surface area contributed by atoms with Crippen LogP contribution in [-0.2, 0) is 4.79 Å². The lowest BCUT2D eigenvalue weighted by atomic mass is 9.87. The van der Waals surface area contributed by atoms with E-state index in [0.717, 1.165) is 51.9 Å². The van der Waals surface area contributed by atoms with Crippen molar-refractivity contribution >= 4 is 5.91 Å². The Balaban J connectivity index is 2.06. The number of rotatable bonds is 3. The summed E-state index contributed by atoms with van der Waals surface area (Å²) in [5.74, 6) is 0.757. The summed E-state index contributed by atoms with van der Waals surface area (Å²) in [6.45, 7) is 4.01. The van der Waals surface area contributed by atoms with Crippen molar-refractivity contribution in [2.24, 2.45) is 11.7 Å². The second-order valence-electron chi connectivity index (χ2n) is 6.14. The zero-order valence-corrected chi connectivity index (χ0v) is 12.3. The van der Waals surface area contributed by atoms with Gasteiger partial charge in [0.25, 0.3) is 0 Å². The molecule has 0 aromatic heterocycles. The first-order chi connectivity index (χ1) is 9.09. The topological polar surface area (TPSA) is 61.6 Å². The minimum Gasteiger partial charge on any atom is -0.347 e. The van der Waals surface area contributed by atoms with Crippen molar-refractivity contribution in [3.8, 4) is 0 Å². The molecule has 2 saturated heterocycles.